The number of amides is 1. The Balaban J connectivity index is 1.77. The van der Waals surface area contributed by atoms with Gasteiger partial charge in [0.1, 0.15) is 10.9 Å². The summed E-state index contributed by atoms with van der Waals surface area (Å²) in [6.07, 6.45) is 3.13. The van der Waals surface area contributed by atoms with E-state index in [1.165, 1.54) is 11.0 Å². The van der Waals surface area contributed by atoms with Gasteiger partial charge in [0.05, 0.1) is 11.4 Å². The van der Waals surface area contributed by atoms with Gasteiger partial charge in [0.2, 0.25) is 0 Å². The van der Waals surface area contributed by atoms with Crippen molar-refractivity contribution in [2.24, 2.45) is 0 Å². The second-order valence-corrected chi connectivity index (χ2v) is 10.1. The molecule has 164 valence electrons. The van der Waals surface area contributed by atoms with Crippen molar-refractivity contribution < 1.29 is 13.2 Å². The van der Waals surface area contributed by atoms with E-state index in [9.17, 15) is 13.2 Å². The van der Waals surface area contributed by atoms with Crippen molar-refractivity contribution in [2.75, 3.05) is 27.6 Å². The lowest BCUT2D eigenvalue weighted by molar-refractivity contribution is -0.117. The van der Waals surface area contributed by atoms with Crippen molar-refractivity contribution in [2.45, 2.75) is 37.1 Å². The highest BCUT2D eigenvalue weighted by atomic mass is 35.5. The van der Waals surface area contributed by atoms with Crippen molar-refractivity contribution in [3.05, 3.63) is 47.5 Å². The lowest BCUT2D eigenvalue weighted by Gasteiger charge is -2.31. The number of carbonyl (C=O) groups is 1. The fourth-order valence-corrected chi connectivity index (χ4v) is 5.63. The minimum Gasteiger partial charge on any atom is -0.370 e. The molecule has 10 heteroatoms. The van der Waals surface area contributed by atoms with Gasteiger partial charge in [0.15, 0.2) is 5.11 Å². The maximum absolute atomic E-state index is 13.4. The van der Waals surface area contributed by atoms with Gasteiger partial charge in [-0.1, -0.05) is 11.6 Å². The molecule has 2 aromatic carbocycles. The number of thiocarbonyl (C=S) groups is 1. The number of carbonyl (C=O) groups excluding carboxylic acids is 1. The van der Waals surface area contributed by atoms with Crippen molar-refractivity contribution in [3.8, 4) is 0 Å². The van der Waals surface area contributed by atoms with E-state index < -0.39 is 16.1 Å². The quantitative estimate of drug-likeness (QED) is 0.637. The van der Waals surface area contributed by atoms with Crippen LogP contribution in [-0.4, -0.2) is 38.6 Å². The first-order valence-corrected chi connectivity index (χ1v) is 12.3. The van der Waals surface area contributed by atoms with Gasteiger partial charge in [-0.05, 0) is 80.9 Å². The summed E-state index contributed by atoms with van der Waals surface area (Å²) in [5, 5.41) is 3.69. The number of nitrogens with zero attached hydrogens (tertiary/aromatic N) is 2. The maximum atomic E-state index is 13.4. The molecule has 0 aliphatic carbocycles. The summed E-state index contributed by atoms with van der Waals surface area (Å²) in [5.74, 6) is -0.218. The first kappa shape index (κ1) is 21.9. The Morgan fingerprint density at radius 1 is 1.10 bits per heavy atom. The van der Waals surface area contributed by atoms with E-state index in [4.69, 9.17) is 23.8 Å². The number of rotatable bonds is 5. The van der Waals surface area contributed by atoms with Crippen LogP contribution in [0.25, 0.3) is 0 Å². The first-order valence-electron chi connectivity index (χ1n) is 10.1. The molecule has 2 fully saturated rings. The predicted octanol–water partition coefficient (Wildman–Crippen LogP) is 3.74. The van der Waals surface area contributed by atoms with Crippen molar-refractivity contribution >= 4 is 61.9 Å². The third kappa shape index (κ3) is 4.49. The van der Waals surface area contributed by atoms with Gasteiger partial charge in [-0.2, -0.15) is 0 Å². The molecular weight excluding hydrogens is 456 g/mol. The van der Waals surface area contributed by atoms with E-state index in [2.05, 4.69) is 14.9 Å². The fourth-order valence-electron chi connectivity index (χ4n) is 3.83. The molecule has 2 aliphatic heterocycles. The molecule has 1 amide bonds. The van der Waals surface area contributed by atoms with Crippen LogP contribution in [0.1, 0.15) is 26.2 Å². The highest BCUT2D eigenvalue weighted by molar-refractivity contribution is 7.93. The van der Waals surface area contributed by atoms with Crippen LogP contribution in [0.4, 0.5) is 17.1 Å². The van der Waals surface area contributed by atoms with Gasteiger partial charge in [-0.3, -0.25) is 14.4 Å². The highest BCUT2D eigenvalue weighted by Crippen LogP contribution is 2.34. The molecular formula is C21H23ClN4O3S2. The fraction of sp³-hybridized carbons (Fsp3) is 0.333. The lowest BCUT2D eigenvalue weighted by Crippen LogP contribution is -2.33. The summed E-state index contributed by atoms with van der Waals surface area (Å²) in [7, 11) is -3.94. The Morgan fingerprint density at radius 2 is 1.77 bits per heavy atom. The zero-order valence-electron chi connectivity index (χ0n) is 17.0. The second-order valence-electron chi connectivity index (χ2n) is 7.66. The molecule has 2 saturated heterocycles. The number of benzene rings is 2. The van der Waals surface area contributed by atoms with Crippen molar-refractivity contribution in [3.63, 3.8) is 0 Å². The van der Waals surface area contributed by atoms with Crippen molar-refractivity contribution in [1.82, 2.24) is 5.32 Å². The Kier molecular flexibility index (Phi) is 6.09. The predicted molar refractivity (Wildman–Crippen MR) is 127 cm³/mol. The SMILES string of the molecule is CC1NC(=S)N(c2ccc(N3CCCCC3)c(S(=O)(=O)Nc3ccc(Cl)cc3)c2)C1=O. The molecule has 0 bridgehead atoms. The number of nitrogens with one attached hydrogen (secondary N) is 2. The van der Waals surface area contributed by atoms with Crippen LogP contribution in [0.2, 0.25) is 5.02 Å². The smallest absolute Gasteiger partial charge is 0.264 e. The van der Waals surface area contributed by atoms with E-state index in [0.717, 1.165) is 32.4 Å². The average molecular weight is 479 g/mol. The van der Waals surface area contributed by atoms with Gasteiger partial charge >= 0.3 is 0 Å². The topological polar surface area (TPSA) is 81.8 Å². The molecule has 4 rings (SSSR count). The molecule has 7 nitrogen and oxygen atoms in total. The van der Waals surface area contributed by atoms with E-state index in [-0.39, 0.29) is 15.9 Å². The van der Waals surface area contributed by atoms with Gasteiger partial charge in [-0.15, -0.1) is 0 Å². The van der Waals surface area contributed by atoms with Crippen LogP contribution in [0.5, 0.6) is 0 Å². The second kappa shape index (κ2) is 8.64. The Morgan fingerprint density at radius 3 is 2.39 bits per heavy atom. The van der Waals surface area contributed by atoms with Crippen LogP contribution < -0.4 is 19.8 Å². The van der Waals surface area contributed by atoms with Gasteiger partial charge < -0.3 is 10.2 Å². The number of piperidine rings is 1. The van der Waals surface area contributed by atoms with Crippen LogP contribution in [0, 0.1) is 0 Å². The summed E-state index contributed by atoms with van der Waals surface area (Å²) in [5.41, 5.74) is 1.44. The third-order valence-corrected chi connectivity index (χ3v) is 7.38. The van der Waals surface area contributed by atoms with E-state index in [1.807, 2.05) is 0 Å². The molecule has 31 heavy (non-hydrogen) atoms. The summed E-state index contributed by atoms with van der Waals surface area (Å²) in [6, 6.07) is 11.0. The highest BCUT2D eigenvalue weighted by Gasteiger charge is 2.35. The Hall–Kier alpha value is -2.36. The first-order chi connectivity index (χ1) is 14.8. The zero-order valence-corrected chi connectivity index (χ0v) is 19.4. The van der Waals surface area contributed by atoms with E-state index >= 15 is 0 Å². The standard InChI is InChI=1S/C21H23ClN4O3S2/c1-14-20(27)26(21(30)23-14)17-9-10-18(25-11-3-2-4-12-25)19(13-17)31(28,29)24-16-7-5-15(22)6-8-16/h5-10,13-14,24H,2-4,11-12H2,1H3,(H,23,30). The van der Waals surface area contributed by atoms with Crippen LogP contribution in [-0.2, 0) is 14.8 Å². The molecule has 2 heterocycles. The van der Waals surface area contributed by atoms with Crippen LogP contribution in [0.3, 0.4) is 0 Å². The van der Waals surface area contributed by atoms with Crippen molar-refractivity contribution in [1.29, 1.82) is 0 Å². The summed E-state index contributed by atoms with van der Waals surface area (Å²) in [4.78, 5) is 16.1. The molecule has 0 saturated carbocycles. The molecule has 2 aliphatic rings. The third-order valence-electron chi connectivity index (χ3n) is 5.42. The van der Waals surface area contributed by atoms with E-state index in [1.54, 1.807) is 43.3 Å². The minimum atomic E-state index is -3.94. The number of hydrogen-bond donors (Lipinski definition) is 2. The number of sulfonamides is 1. The average Bonchev–Trinajstić information content (AvgIpc) is 3.01. The van der Waals surface area contributed by atoms with Crippen LogP contribution >= 0.6 is 23.8 Å². The molecule has 1 unspecified atom stereocenters. The molecule has 2 N–H and O–H groups in total. The van der Waals surface area contributed by atoms with Crippen LogP contribution in [0.15, 0.2) is 47.4 Å². The van der Waals surface area contributed by atoms with Gasteiger partial charge in [0.25, 0.3) is 15.9 Å². The molecule has 0 spiro atoms. The number of anilines is 3. The maximum Gasteiger partial charge on any atom is 0.264 e. The largest absolute Gasteiger partial charge is 0.370 e. The molecule has 1 atom stereocenters. The summed E-state index contributed by atoms with van der Waals surface area (Å²) < 4.78 is 29.5. The normalized spacial score (nSPS) is 19.5. The summed E-state index contributed by atoms with van der Waals surface area (Å²) in [6.45, 7) is 3.28. The summed E-state index contributed by atoms with van der Waals surface area (Å²) >= 11 is 11.2. The number of hydrogen-bond acceptors (Lipinski definition) is 5. The Bertz CT molecular complexity index is 1120. The molecule has 0 radical (unpaired) electrons. The Labute approximate surface area is 192 Å². The van der Waals surface area contributed by atoms with Gasteiger partial charge in [0, 0.05) is 23.8 Å². The lowest BCUT2D eigenvalue weighted by atomic mass is 10.1. The molecule has 0 aromatic heterocycles. The minimum absolute atomic E-state index is 0.108. The number of halogens is 1. The molecule has 2 aromatic rings. The zero-order chi connectivity index (χ0) is 22.2. The van der Waals surface area contributed by atoms with E-state index in [0.29, 0.717) is 22.1 Å². The van der Waals surface area contributed by atoms with Gasteiger partial charge in [-0.25, -0.2) is 8.42 Å². The monoisotopic (exact) mass is 478 g/mol.